The smallest absolute Gasteiger partial charge is 0.324 e. The van der Waals surface area contributed by atoms with Crippen molar-refractivity contribution in [2.45, 2.75) is 18.6 Å². The van der Waals surface area contributed by atoms with Crippen molar-refractivity contribution in [3.05, 3.63) is 30.1 Å². The number of nitrogens with zero attached hydrogens (tertiary/aromatic N) is 1. The number of sulfonamides is 1. The Morgan fingerprint density at radius 2 is 1.92 bits per heavy atom. The predicted octanol–water partition coefficient (Wildman–Crippen LogP) is 0.323. The van der Waals surface area contributed by atoms with E-state index in [1.54, 1.807) is 6.07 Å². The molecule has 25 heavy (non-hydrogen) atoms. The van der Waals surface area contributed by atoms with Gasteiger partial charge in [0.15, 0.2) is 17.3 Å². The lowest BCUT2D eigenvalue weighted by atomic mass is 10.2. The number of ether oxygens (including phenoxy) is 3. The monoisotopic (exact) mass is 375 g/mol. The lowest BCUT2D eigenvalue weighted by molar-refractivity contribution is -0.144. The molecule has 0 radical (unpaired) electrons. The molecule has 2 atom stereocenters. The Balaban J connectivity index is 2.21. The number of halogens is 1. The summed E-state index contributed by atoms with van der Waals surface area (Å²) < 4.78 is 53.8. The van der Waals surface area contributed by atoms with Gasteiger partial charge in [-0.3, -0.25) is 9.59 Å². The number of rotatable bonds is 6. The molecular weight excluding hydrogens is 357 g/mol. The predicted molar refractivity (Wildman–Crippen MR) is 83.7 cm³/mol. The minimum Gasteiger partial charge on any atom is -0.486 e. The zero-order valence-corrected chi connectivity index (χ0v) is 14.5. The van der Waals surface area contributed by atoms with Gasteiger partial charge < -0.3 is 14.2 Å². The van der Waals surface area contributed by atoms with E-state index in [0.29, 0.717) is 0 Å². The van der Waals surface area contributed by atoms with Crippen LogP contribution in [0.4, 0.5) is 4.39 Å². The molecule has 0 saturated carbocycles. The van der Waals surface area contributed by atoms with Crippen LogP contribution in [-0.4, -0.2) is 63.3 Å². The van der Waals surface area contributed by atoms with Crippen LogP contribution in [0.5, 0.6) is 5.75 Å². The highest BCUT2D eigenvalue weighted by Gasteiger charge is 2.45. The van der Waals surface area contributed by atoms with Crippen molar-refractivity contribution in [2.75, 3.05) is 26.5 Å². The fourth-order valence-electron chi connectivity index (χ4n) is 2.52. The molecule has 2 rings (SSSR count). The molecule has 1 aromatic carbocycles. The van der Waals surface area contributed by atoms with Crippen LogP contribution in [-0.2, 0) is 29.1 Å². The largest absolute Gasteiger partial charge is 0.486 e. The van der Waals surface area contributed by atoms with E-state index in [1.807, 2.05) is 0 Å². The summed E-state index contributed by atoms with van der Waals surface area (Å²) in [5, 5.41) is 0. The Labute approximate surface area is 144 Å². The van der Waals surface area contributed by atoms with Crippen LogP contribution in [0.3, 0.4) is 0 Å². The second-order valence-corrected chi connectivity index (χ2v) is 7.27. The van der Waals surface area contributed by atoms with E-state index >= 15 is 0 Å². The molecule has 1 aliphatic rings. The van der Waals surface area contributed by atoms with Gasteiger partial charge in [-0.25, -0.2) is 12.8 Å². The zero-order valence-electron chi connectivity index (χ0n) is 13.7. The number of para-hydroxylation sites is 1. The van der Waals surface area contributed by atoms with E-state index in [9.17, 15) is 22.4 Å². The number of hydrogen-bond acceptors (Lipinski definition) is 7. The summed E-state index contributed by atoms with van der Waals surface area (Å²) in [5.41, 5.74) is 0. The number of carbonyl (C=O) groups excluding carboxylic acids is 2. The minimum atomic E-state index is -4.13. The van der Waals surface area contributed by atoms with Crippen molar-refractivity contribution < 1.29 is 36.6 Å². The summed E-state index contributed by atoms with van der Waals surface area (Å²) >= 11 is 0. The SMILES string of the molecule is COC(=O)CS(=O)(=O)N1C[C@H](Oc2ccccc2F)C[C@H]1C(=O)OC. The maximum Gasteiger partial charge on any atom is 0.324 e. The third kappa shape index (κ3) is 4.45. The number of benzene rings is 1. The van der Waals surface area contributed by atoms with Crippen LogP contribution in [0.25, 0.3) is 0 Å². The molecule has 10 heteroatoms. The second kappa shape index (κ2) is 7.79. The number of hydrogen-bond donors (Lipinski definition) is 0. The Kier molecular flexibility index (Phi) is 5.96. The van der Waals surface area contributed by atoms with E-state index in [-0.39, 0.29) is 18.7 Å². The average Bonchev–Trinajstić information content (AvgIpc) is 3.00. The van der Waals surface area contributed by atoms with Crippen LogP contribution < -0.4 is 4.74 Å². The van der Waals surface area contributed by atoms with Gasteiger partial charge in [-0.2, -0.15) is 4.31 Å². The van der Waals surface area contributed by atoms with Gasteiger partial charge in [-0.05, 0) is 12.1 Å². The molecule has 0 aliphatic carbocycles. The molecule has 138 valence electrons. The molecule has 0 unspecified atom stereocenters. The first-order valence-electron chi connectivity index (χ1n) is 7.34. The lowest BCUT2D eigenvalue weighted by Gasteiger charge is -2.21. The van der Waals surface area contributed by atoms with Gasteiger partial charge in [0.05, 0.1) is 20.8 Å². The van der Waals surface area contributed by atoms with Gasteiger partial charge in [-0.1, -0.05) is 12.1 Å². The van der Waals surface area contributed by atoms with Crippen molar-refractivity contribution >= 4 is 22.0 Å². The topological polar surface area (TPSA) is 99.2 Å². The van der Waals surface area contributed by atoms with Crippen LogP contribution in [0.15, 0.2) is 24.3 Å². The molecule has 1 aliphatic heterocycles. The molecule has 1 aromatic rings. The molecule has 1 saturated heterocycles. The van der Waals surface area contributed by atoms with E-state index < -0.39 is 45.7 Å². The van der Waals surface area contributed by atoms with Gasteiger partial charge in [0.2, 0.25) is 10.0 Å². The standard InChI is InChI=1S/C15H18FNO7S/c1-22-14(18)9-25(20,21)17-8-10(7-12(17)15(19)23-2)24-13-6-4-3-5-11(13)16/h3-6,10,12H,7-9H2,1-2H3/t10-,12+/m1/s1. The molecule has 1 heterocycles. The highest BCUT2D eigenvalue weighted by atomic mass is 32.2. The molecular formula is C15H18FNO7S. The molecule has 1 fully saturated rings. The van der Waals surface area contributed by atoms with Gasteiger partial charge in [0.1, 0.15) is 12.1 Å². The summed E-state index contributed by atoms with van der Waals surface area (Å²) in [6.07, 6.45) is -0.796. The zero-order chi connectivity index (χ0) is 18.6. The quantitative estimate of drug-likeness (QED) is 0.661. The molecule has 0 amide bonds. The normalized spacial score (nSPS) is 20.9. The summed E-state index contributed by atoms with van der Waals surface area (Å²) in [6, 6.07) is 4.50. The van der Waals surface area contributed by atoms with Crippen molar-refractivity contribution in [1.82, 2.24) is 4.31 Å². The summed E-state index contributed by atoms with van der Waals surface area (Å²) in [5.74, 6) is -3.31. The first-order chi connectivity index (χ1) is 11.8. The fraction of sp³-hybridized carbons (Fsp3) is 0.467. The van der Waals surface area contributed by atoms with Crippen molar-refractivity contribution in [1.29, 1.82) is 0 Å². The summed E-state index contributed by atoms with van der Waals surface area (Å²) in [4.78, 5) is 23.2. The summed E-state index contributed by atoms with van der Waals surface area (Å²) in [6.45, 7) is -0.215. The number of methoxy groups -OCH3 is 2. The molecule has 0 bridgehead atoms. The Morgan fingerprint density at radius 1 is 1.24 bits per heavy atom. The molecule has 0 spiro atoms. The molecule has 0 aromatic heterocycles. The van der Waals surface area contributed by atoms with Gasteiger partial charge in [0, 0.05) is 6.42 Å². The second-order valence-electron chi connectivity index (χ2n) is 5.35. The Morgan fingerprint density at radius 3 is 2.52 bits per heavy atom. The Hall–Kier alpha value is -2.20. The lowest BCUT2D eigenvalue weighted by Crippen LogP contribution is -2.43. The molecule has 0 N–H and O–H groups in total. The van der Waals surface area contributed by atoms with E-state index in [2.05, 4.69) is 9.47 Å². The van der Waals surface area contributed by atoms with Crippen LogP contribution >= 0.6 is 0 Å². The maximum absolute atomic E-state index is 13.7. The van der Waals surface area contributed by atoms with E-state index in [0.717, 1.165) is 18.5 Å². The van der Waals surface area contributed by atoms with E-state index in [4.69, 9.17) is 4.74 Å². The fourth-order valence-corrected chi connectivity index (χ4v) is 4.06. The highest BCUT2D eigenvalue weighted by molar-refractivity contribution is 7.89. The molecule has 8 nitrogen and oxygen atoms in total. The van der Waals surface area contributed by atoms with Crippen molar-refractivity contribution in [3.8, 4) is 5.75 Å². The van der Waals surface area contributed by atoms with Gasteiger partial charge in [-0.15, -0.1) is 0 Å². The number of esters is 2. The average molecular weight is 375 g/mol. The third-order valence-corrected chi connectivity index (χ3v) is 5.42. The summed E-state index contributed by atoms with van der Waals surface area (Å²) in [7, 11) is -1.94. The van der Waals surface area contributed by atoms with Crippen LogP contribution in [0.1, 0.15) is 6.42 Å². The maximum atomic E-state index is 13.7. The van der Waals surface area contributed by atoms with Gasteiger partial charge >= 0.3 is 11.9 Å². The van der Waals surface area contributed by atoms with Crippen LogP contribution in [0.2, 0.25) is 0 Å². The number of carbonyl (C=O) groups is 2. The van der Waals surface area contributed by atoms with Crippen LogP contribution in [0, 0.1) is 5.82 Å². The van der Waals surface area contributed by atoms with Crippen molar-refractivity contribution in [2.24, 2.45) is 0 Å². The Bertz CT molecular complexity index is 752. The van der Waals surface area contributed by atoms with Crippen molar-refractivity contribution in [3.63, 3.8) is 0 Å². The van der Waals surface area contributed by atoms with Gasteiger partial charge in [0.25, 0.3) is 0 Å². The minimum absolute atomic E-state index is 0.0264. The third-order valence-electron chi connectivity index (χ3n) is 3.71. The first-order valence-corrected chi connectivity index (χ1v) is 8.94. The van der Waals surface area contributed by atoms with E-state index in [1.165, 1.54) is 18.2 Å². The first kappa shape index (κ1) is 19.1. The highest BCUT2D eigenvalue weighted by Crippen LogP contribution is 2.27.